The summed E-state index contributed by atoms with van der Waals surface area (Å²) in [5.41, 5.74) is 2.39. The van der Waals surface area contributed by atoms with Gasteiger partial charge in [-0.3, -0.25) is 0 Å². The Kier molecular flexibility index (Phi) is 5.51. The molecule has 0 saturated heterocycles. The molecule has 4 nitrogen and oxygen atoms in total. The van der Waals surface area contributed by atoms with Gasteiger partial charge >= 0.3 is 0 Å². The normalized spacial score (nSPS) is 12.6. The third kappa shape index (κ3) is 3.70. The van der Waals surface area contributed by atoms with Crippen LogP contribution in [0.3, 0.4) is 0 Å². The molecule has 0 spiro atoms. The Morgan fingerprint density at radius 2 is 1.81 bits per heavy atom. The van der Waals surface area contributed by atoms with Crippen LogP contribution < -0.4 is 5.32 Å². The molecule has 0 amide bonds. The zero-order valence-corrected chi connectivity index (χ0v) is 13.6. The number of aromatic nitrogens is 3. The average Bonchev–Trinajstić information content (AvgIpc) is 2.96. The third-order valence-corrected chi connectivity index (χ3v) is 3.69. The van der Waals surface area contributed by atoms with Gasteiger partial charge in [-0.2, -0.15) is 5.10 Å². The van der Waals surface area contributed by atoms with Crippen molar-refractivity contribution in [3.05, 3.63) is 41.5 Å². The first-order chi connectivity index (χ1) is 10.2. The van der Waals surface area contributed by atoms with E-state index in [0.717, 1.165) is 43.1 Å². The zero-order chi connectivity index (χ0) is 15.2. The summed E-state index contributed by atoms with van der Waals surface area (Å²) in [5, 5.41) is 8.09. The van der Waals surface area contributed by atoms with E-state index < -0.39 is 0 Å². The van der Waals surface area contributed by atoms with E-state index in [1.165, 1.54) is 5.56 Å². The van der Waals surface area contributed by atoms with Crippen molar-refractivity contribution in [3.8, 4) is 5.69 Å². The summed E-state index contributed by atoms with van der Waals surface area (Å²) in [6.07, 6.45) is 2.92. The molecule has 1 aromatic carbocycles. The fourth-order valence-corrected chi connectivity index (χ4v) is 2.36. The topological polar surface area (TPSA) is 42.7 Å². The lowest BCUT2D eigenvalue weighted by molar-refractivity contribution is 0.570. The molecule has 2 aromatic rings. The molecule has 1 aromatic heterocycles. The van der Waals surface area contributed by atoms with E-state index in [2.05, 4.69) is 67.4 Å². The van der Waals surface area contributed by atoms with Crippen LogP contribution in [0.1, 0.15) is 57.4 Å². The average molecular weight is 286 g/mol. The van der Waals surface area contributed by atoms with Gasteiger partial charge in [-0.25, -0.2) is 9.67 Å². The van der Waals surface area contributed by atoms with Crippen molar-refractivity contribution in [1.29, 1.82) is 0 Å². The molecule has 21 heavy (non-hydrogen) atoms. The first-order valence-electron chi connectivity index (χ1n) is 7.98. The van der Waals surface area contributed by atoms with Crippen LogP contribution in [-0.4, -0.2) is 21.3 Å². The summed E-state index contributed by atoms with van der Waals surface area (Å²) in [6, 6.07) is 9.00. The Hall–Kier alpha value is -1.68. The van der Waals surface area contributed by atoms with E-state index in [1.807, 2.05) is 4.68 Å². The predicted octanol–water partition coefficient (Wildman–Crippen LogP) is 3.45. The lowest BCUT2D eigenvalue weighted by Crippen LogP contribution is -2.19. The molecule has 0 aliphatic carbocycles. The Bertz CT molecular complexity index is 557. The highest BCUT2D eigenvalue weighted by atomic mass is 15.3. The van der Waals surface area contributed by atoms with Gasteiger partial charge in [0.15, 0.2) is 5.82 Å². The minimum absolute atomic E-state index is 0.381. The smallest absolute Gasteiger partial charge is 0.151 e. The van der Waals surface area contributed by atoms with E-state index >= 15 is 0 Å². The van der Waals surface area contributed by atoms with E-state index in [9.17, 15) is 0 Å². The van der Waals surface area contributed by atoms with Crippen LogP contribution in [0, 0.1) is 0 Å². The largest absolute Gasteiger partial charge is 0.310 e. The second kappa shape index (κ2) is 7.36. The minimum atomic E-state index is 0.381. The van der Waals surface area contributed by atoms with Crippen LogP contribution in [0.15, 0.2) is 24.3 Å². The van der Waals surface area contributed by atoms with Crippen LogP contribution in [-0.2, 0) is 12.8 Å². The second-order valence-corrected chi connectivity index (χ2v) is 5.33. The van der Waals surface area contributed by atoms with Gasteiger partial charge in [0.2, 0.25) is 0 Å². The van der Waals surface area contributed by atoms with Gasteiger partial charge in [-0.1, -0.05) is 32.9 Å². The van der Waals surface area contributed by atoms with E-state index in [4.69, 9.17) is 0 Å². The van der Waals surface area contributed by atoms with Crippen molar-refractivity contribution in [2.24, 2.45) is 0 Å². The molecule has 1 N–H and O–H groups in total. The molecule has 0 radical (unpaired) electrons. The Balaban J connectivity index is 2.20. The number of nitrogens with zero attached hydrogens (tertiary/aromatic N) is 3. The van der Waals surface area contributed by atoms with Crippen LogP contribution in [0.25, 0.3) is 5.69 Å². The molecule has 0 bridgehead atoms. The van der Waals surface area contributed by atoms with Gasteiger partial charge < -0.3 is 5.32 Å². The summed E-state index contributed by atoms with van der Waals surface area (Å²) in [7, 11) is 0. The summed E-state index contributed by atoms with van der Waals surface area (Å²) < 4.78 is 1.97. The SMILES string of the molecule is CCCNC(C)c1ccc(-n2nc(CC)nc2CC)cc1. The van der Waals surface area contributed by atoms with Crippen molar-refractivity contribution >= 4 is 0 Å². The number of hydrogen-bond donors (Lipinski definition) is 1. The summed E-state index contributed by atoms with van der Waals surface area (Å²) in [6.45, 7) is 9.64. The van der Waals surface area contributed by atoms with Gasteiger partial charge in [0.25, 0.3) is 0 Å². The maximum atomic E-state index is 4.58. The van der Waals surface area contributed by atoms with Gasteiger partial charge in [-0.15, -0.1) is 0 Å². The molecular formula is C17H26N4. The summed E-state index contributed by atoms with van der Waals surface area (Å²) in [5.74, 6) is 1.94. The number of aryl methyl sites for hydroxylation is 2. The molecule has 2 rings (SSSR count). The standard InChI is InChI=1S/C17H26N4/c1-5-12-18-13(4)14-8-10-15(11-9-14)21-17(7-3)19-16(6-2)20-21/h8-11,13,18H,5-7,12H2,1-4H3. The lowest BCUT2D eigenvalue weighted by atomic mass is 10.1. The van der Waals surface area contributed by atoms with E-state index in [0.29, 0.717) is 6.04 Å². The van der Waals surface area contributed by atoms with Crippen LogP contribution >= 0.6 is 0 Å². The maximum Gasteiger partial charge on any atom is 0.151 e. The predicted molar refractivity (Wildman–Crippen MR) is 86.8 cm³/mol. The first kappa shape index (κ1) is 15.7. The first-order valence-corrected chi connectivity index (χ1v) is 7.98. The Labute approximate surface area is 127 Å². The number of benzene rings is 1. The highest BCUT2D eigenvalue weighted by Crippen LogP contribution is 2.17. The monoisotopic (exact) mass is 286 g/mol. The molecule has 0 fully saturated rings. The van der Waals surface area contributed by atoms with Crippen molar-refractivity contribution < 1.29 is 0 Å². The van der Waals surface area contributed by atoms with Crippen molar-refractivity contribution in [2.45, 2.75) is 53.0 Å². The Morgan fingerprint density at radius 3 is 2.38 bits per heavy atom. The van der Waals surface area contributed by atoms with Crippen LogP contribution in [0.4, 0.5) is 0 Å². The lowest BCUT2D eigenvalue weighted by Gasteiger charge is -2.14. The summed E-state index contributed by atoms with van der Waals surface area (Å²) in [4.78, 5) is 4.56. The van der Waals surface area contributed by atoms with Crippen LogP contribution in [0.5, 0.6) is 0 Å². The molecule has 1 heterocycles. The zero-order valence-electron chi connectivity index (χ0n) is 13.6. The molecule has 1 unspecified atom stereocenters. The molecule has 0 saturated carbocycles. The number of rotatable bonds is 7. The van der Waals surface area contributed by atoms with Crippen LogP contribution in [0.2, 0.25) is 0 Å². The fourth-order valence-electron chi connectivity index (χ4n) is 2.36. The molecule has 114 valence electrons. The van der Waals surface area contributed by atoms with Gasteiger partial charge in [0, 0.05) is 18.9 Å². The van der Waals surface area contributed by atoms with Crippen molar-refractivity contribution in [3.63, 3.8) is 0 Å². The van der Waals surface area contributed by atoms with Gasteiger partial charge in [0.05, 0.1) is 5.69 Å². The van der Waals surface area contributed by atoms with Crippen molar-refractivity contribution in [2.75, 3.05) is 6.54 Å². The van der Waals surface area contributed by atoms with Crippen molar-refractivity contribution in [1.82, 2.24) is 20.1 Å². The number of hydrogen-bond acceptors (Lipinski definition) is 3. The molecule has 0 aliphatic heterocycles. The molecule has 0 aliphatic rings. The Morgan fingerprint density at radius 1 is 1.10 bits per heavy atom. The van der Waals surface area contributed by atoms with Gasteiger partial charge in [-0.05, 0) is 37.6 Å². The van der Waals surface area contributed by atoms with Gasteiger partial charge in [0.1, 0.15) is 5.82 Å². The molecule has 4 heteroatoms. The van der Waals surface area contributed by atoms with E-state index in [1.54, 1.807) is 0 Å². The fraction of sp³-hybridized carbons (Fsp3) is 0.529. The maximum absolute atomic E-state index is 4.58. The third-order valence-electron chi connectivity index (χ3n) is 3.69. The minimum Gasteiger partial charge on any atom is -0.310 e. The quantitative estimate of drug-likeness (QED) is 0.847. The highest BCUT2D eigenvalue weighted by Gasteiger charge is 2.10. The summed E-state index contributed by atoms with van der Waals surface area (Å²) >= 11 is 0. The number of nitrogens with one attached hydrogen (secondary N) is 1. The second-order valence-electron chi connectivity index (χ2n) is 5.33. The highest BCUT2D eigenvalue weighted by molar-refractivity contribution is 5.35. The molecule has 1 atom stereocenters. The van der Waals surface area contributed by atoms with E-state index in [-0.39, 0.29) is 0 Å². The molecular weight excluding hydrogens is 260 g/mol.